The largest absolute Gasteiger partial charge is 0.479 e. The molecule has 1 heterocycles. The minimum Gasteiger partial charge on any atom is -0.479 e. The van der Waals surface area contributed by atoms with Crippen LogP contribution in [0, 0.1) is 6.92 Å². The van der Waals surface area contributed by atoms with E-state index in [-0.39, 0.29) is 30.1 Å². The van der Waals surface area contributed by atoms with Gasteiger partial charge >= 0.3 is 6.18 Å². The highest BCUT2D eigenvalue weighted by Crippen LogP contribution is 2.34. The van der Waals surface area contributed by atoms with Crippen molar-refractivity contribution < 1.29 is 27.5 Å². The summed E-state index contributed by atoms with van der Waals surface area (Å²) in [5.41, 5.74) is -0.0930. The fourth-order valence-electron chi connectivity index (χ4n) is 3.03. The molecule has 0 saturated heterocycles. The van der Waals surface area contributed by atoms with Crippen LogP contribution in [0.25, 0.3) is 0 Å². The second-order valence-electron chi connectivity index (χ2n) is 6.54. The lowest BCUT2D eigenvalue weighted by Crippen LogP contribution is -2.45. The van der Waals surface area contributed by atoms with E-state index in [9.17, 15) is 22.8 Å². The lowest BCUT2D eigenvalue weighted by Gasteiger charge is -2.32. The molecule has 0 spiro atoms. The van der Waals surface area contributed by atoms with E-state index in [4.69, 9.17) is 4.74 Å². The molecule has 0 saturated carbocycles. The highest BCUT2D eigenvalue weighted by Gasteiger charge is 2.33. The van der Waals surface area contributed by atoms with Crippen molar-refractivity contribution in [2.75, 3.05) is 16.8 Å². The van der Waals surface area contributed by atoms with E-state index in [2.05, 4.69) is 5.32 Å². The molecule has 0 bridgehead atoms. The molecule has 0 aliphatic carbocycles. The van der Waals surface area contributed by atoms with Crippen LogP contribution in [0.15, 0.2) is 42.5 Å². The van der Waals surface area contributed by atoms with Gasteiger partial charge in [0.05, 0.1) is 11.3 Å². The van der Waals surface area contributed by atoms with Gasteiger partial charge in [0.15, 0.2) is 6.10 Å². The van der Waals surface area contributed by atoms with Crippen LogP contribution in [0.4, 0.5) is 24.5 Å². The lowest BCUT2D eigenvalue weighted by atomic mass is 10.1. The minimum atomic E-state index is -4.50. The minimum absolute atomic E-state index is 0.0602. The third-order valence-electron chi connectivity index (χ3n) is 4.46. The standard InChI is InChI=1S/C20H19F3N2O3/c1-12-7-8-14(11-15(12)20(21,22)23)24-18(26)9-10-25-16-5-3-4-6-17(16)28-13(2)19(25)27/h3-8,11,13H,9-10H2,1-2H3,(H,24,26). The molecule has 28 heavy (non-hydrogen) atoms. The van der Waals surface area contributed by atoms with Gasteiger partial charge in [-0.2, -0.15) is 13.2 Å². The first-order valence-corrected chi connectivity index (χ1v) is 8.71. The second kappa shape index (κ2) is 7.53. The second-order valence-corrected chi connectivity index (χ2v) is 6.54. The third kappa shape index (κ3) is 4.11. The number of alkyl halides is 3. The molecule has 1 unspecified atom stereocenters. The van der Waals surface area contributed by atoms with Crippen molar-refractivity contribution in [3.8, 4) is 5.75 Å². The van der Waals surface area contributed by atoms with Gasteiger partial charge < -0.3 is 15.0 Å². The summed E-state index contributed by atoms with van der Waals surface area (Å²) in [6.07, 6.45) is -5.24. The summed E-state index contributed by atoms with van der Waals surface area (Å²) in [6, 6.07) is 10.6. The Morgan fingerprint density at radius 2 is 1.93 bits per heavy atom. The Hall–Kier alpha value is -3.03. The molecule has 2 amide bonds. The fourth-order valence-corrected chi connectivity index (χ4v) is 3.03. The van der Waals surface area contributed by atoms with Crippen molar-refractivity contribution in [1.82, 2.24) is 0 Å². The maximum atomic E-state index is 13.0. The first kappa shape index (κ1) is 19.7. The number of aryl methyl sites for hydroxylation is 1. The first-order chi connectivity index (χ1) is 13.2. The molecule has 1 aliphatic rings. The smallest absolute Gasteiger partial charge is 0.416 e. The predicted octanol–water partition coefficient (Wildman–Crippen LogP) is 4.16. The zero-order chi connectivity index (χ0) is 20.5. The molecule has 3 rings (SSSR count). The van der Waals surface area contributed by atoms with Gasteiger partial charge in [0, 0.05) is 18.7 Å². The number of hydrogen-bond donors (Lipinski definition) is 1. The normalized spacial score (nSPS) is 16.4. The molecule has 8 heteroatoms. The van der Waals surface area contributed by atoms with Crippen molar-refractivity contribution in [1.29, 1.82) is 0 Å². The maximum Gasteiger partial charge on any atom is 0.416 e. The Labute approximate surface area is 160 Å². The molecule has 2 aromatic rings. The van der Waals surface area contributed by atoms with Crippen LogP contribution in [0.2, 0.25) is 0 Å². The van der Waals surface area contributed by atoms with E-state index in [1.165, 1.54) is 24.0 Å². The van der Waals surface area contributed by atoms with Crippen LogP contribution in [0.1, 0.15) is 24.5 Å². The van der Waals surface area contributed by atoms with E-state index in [0.29, 0.717) is 11.4 Å². The summed E-state index contributed by atoms with van der Waals surface area (Å²) >= 11 is 0. The Morgan fingerprint density at radius 3 is 2.64 bits per heavy atom. The molecule has 1 atom stereocenters. The molecule has 2 aromatic carbocycles. The number of para-hydroxylation sites is 2. The highest BCUT2D eigenvalue weighted by molar-refractivity contribution is 6.00. The summed E-state index contributed by atoms with van der Waals surface area (Å²) in [5, 5.41) is 2.46. The van der Waals surface area contributed by atoms with E-state index in [1.807, 2.05) is 0 Å². The number of amides is 2. The average Bonchev–Trinajstić information content (AvgIpc) is 2.63. The summed E-state index contributed by atoms with van der Waals surface area (Å²) in [5.74, 6) is -0.217. The molecule has 148 valence electrons. The number of rotatable bonds is 4. The van der Waals surface area contributed by atoms with Crippen LogP contribution < -0.4 is 15.0 Å². The van der Waals surface area contributed by atoms with Gasteiger partial charge in [-0.1, -0.05) is 18.2 Å². The van der Waals surface area contributed by atoms with E-state index in [0.717, 1.165) is 6.07 Å². The fraction of sp³-hybridized carbons (Fsp3) is 0.300. The van der Waals surface area contributed by atoms with Gasteiger partial charge in [-0.25, -0.2) is 0 Å². The number of ether oxygens (including phenoxy) is 1. The summed E-state index contributed by atoms with van der Waals surface area (Å²) < 4.78 is 44.6. The molecule has 0 radical (unpaired) electrons. The van der Waals surface area contributed by atoms with Gasteiger partial charge in [0.1, 0.15) is 5.75 Å². The van der Waals surface area contributed by atoms with E-state index < -0.39 is 23.8 Å². The van der Waals surface area contributed by atoms with E-state index in [1.54, 1.807) is 31.2 Å². The quantitative estimate of drug-likeness (QED) is 0.850. The number of carbonyl (C=O) groups excluding carboxylic acids is 2. The number of fused-ring (bicyclic) bond motifs is 1. The van der Waals surface area contributed by atoms with Crippen LogP contribution >= 0.6 is 0 Å². The summed E-state index contributed by atoms with van der Waals surface area (Å²) in [6.45, 7) is 3.07. The Bertz CT molecular complexity index is 912. The topological polar surface area (TPSA) is 58.6 Å². The van der Waals surface area contributed by atoms with Gasteiger partial charge in [0.2, 0.25) is 5.91 Å². The highest BCUT2D eigenvalue weighted by atomic mass is 19.4. The van der Waals surface area contributed by atoms with Crippen molar-refractivity contribution in [3.63, 3.8) is 0 Å². The van der Waals surface area contributed by atoms with Crippen LogP contribution in [0.3, 0.4) is 0 Å². The summed E-state index contributed by atoms with van der Waals surface area (Å²) in [7, 11) is 0. The molecule has 0 fully saturated rings. The molecular formula is C20H19F3N2O3. The van der Waals surface area contributed by atoms with Crippen molar-refractivity contribution >= 4 is 23.2 Å². The number of nitrogens with zero attached hydrogens (tertiary/aromatic N) is 1. The molecule has 5 nitrogen and oxygen atoms in total. The van der Waals surface area contributed by atoms with Gasteiger partial charge in [-0.15, -0.1) is 0 Å². The number of carbonyl (C=O) groups is 2. The number of benzene rings is 2. The first-order valence-electron chi connectivity index (χ1n) is 8.71. The molecule has 0 aromatic heterocycles. The van der Waals surface area contributed by atoms with Gasteiger partial charge in [0.25, 0.3) is 5.91 Å². The SMILES string of the molecule is Cc1ccc(NC(=O)CCN2C(=O)C(C)Oc3ccccc32)cc1C(F)(F)F. The summed E-state index contributed by atoms with van der Waals surface area (Å²) in [4.78, 5) is 26.1. The van der Waals surface area contributed by atoms with Crippen molar-refractivity contribution in [2.24, 2.45) is 0 Å². The Morgan fingerprint density at radius 1 is 1.21 bits per heavy atom. The molecular weight excluding hydrogens is 373 g/mol. The zero-order valence-corrected chi connectivity index (χ0v) is 15.3. The third-order valence-corrected chi connectivity index (χ3v) is 4.46. The number of halogens is 3. The van der Waals surface area contributed by atoms with Gasteiger partial charge in [-0.3, -0.25) is 9.59 Å². The van der Waals surface area contributed by atoms with Crippen molar-refractivity contribution in [2.45, 2.75) is 32.5 Å². The average molecular weight is 392 g/mol. The zero-order valence-electron chi connectivity index (χ0n) is 15.3. The molecule has 1 aliphatic heterocycles. The Balaban J connectivity index is 1.69. The van der Waals surface area contributed by atoms with Gasteiger partial charge in [-0.05, 0) is 43.7 Å². The van der Waals surface area contributed by atoms with Crippen LogP contribution in [-0.4, -0.2) is 24.5 Å². The lowest BCUT2D eigenvalue weighted by molar-refractivity contribution is -0.138. The van der Waals surface area contributed by atoms with Crippen LogP contribution in [0.5, 0.6) is 5.75 Å². The maximum absolute atomic E-state index is 13.0. The number of hydrogen-bond acceptors (Lipinski definition) is 3. The predicted molar refractivity (Wildman–Crippen MR) is 98.3 cm³/mol. The van der Waals surface area contributed by atoms with Crippen LogP contribution in [-0.2, 0) is 15.8 Å². The molecule has 1 N–H and O–H groups in total. The van der Waals surface area contributed by atoms with Crippen molar-refractivity contribution in [3.05, 3.63) is 53.6 Å². The Kier molecular flexibility index (Phi) is 5.31. The number of anilines is 2. The monoisotopic (exact) mass is 392 g/mol. The van der Waals surface area contributed by atoms with E-state index >= 15 is 0 Å². The number of nitrogens with one attached hydrogen (secondary N) is 1.